The molecule has 1 aromatic heterocycles. The van der Waals surface area contributed by atoms with E-state index in [9.17, 15) is 18.0 Å². The van der Waals surface area contributed by atoms with Gasteiger partial charge in [-0.1, -0.05) is 0 Å². The van der Waals surface area contributed by atoms with Gasteiger partial charge in [0.05, 0.1) is 0 Å². The van der Waals surface area contributed by atoms with Gasteiger partial charge in [-0.25, -0.2) is 4.79 Å². The molecule has 0 fully saturated rings. The van der Waals surface area contributed by atoms with Crippen LogP contribution in [0.1, 0.15) is 10.4 Å². The topological polar surface area (TPSA) is 103 Å². The van der Waals surface area contributed by atoms with Crippen LogP contribution in [-0.4, -0.2) is 21.4 Å². The molecule has 0 aliphatic heterocycles. The number of benzene rings is 2. The largest absolute Gasteiger partial charge is 0.423 e. The summed E-state index contributed by atoms with van der Waals surface area (Å²) in [5.41, 5.74) is 0.00129. The summed E-state index contributed by atoms with van der Waals surface area (Å²) in [6.45, 7) is 0. The van der Waals surface area contributed by atoms with Crippen molar-refractivity contribution in [3.63, 3.8) is 0 Å². The van der Waals surface area contributed by atoms with Gasteiger partial charge >= 0.3 is 15.7 Å². The van der Waals surface area contributed by atoms with E-state index in [1.54, 1.807) is 12.1 Å². The zero-order valence-corrected chi connectivity index (χ0v) is 13.9. The molecule has 3 rings (SSSR count). The van der Waals surface area contributed by atoms with Crippen LogP contribution < -0.4 is 15.1 Å². The average Bonchev–Trinajstić information content (AvgIpc) is 2.60. The Morgan fingerprint density at radius 2 is 1.72 bits per heavy atom. The van der Waals surface area contributed by atoms with Crippen LogP contribution in [0.2, 0.25) is 0 Å². The molecule has 128 valence electrons. The molecule has 0 atom stereocenters. The number of rotatable bonds is 4. The smallest absolute Gasteiger partial charge is 0.339 e. The number of fused-ring (bicyclic) bond motifs is 1. The normalized spacial score (nSPS) is 11.2. The lowest BCUT2D eigenvalue weighted by molar-refractivity contribution is 0.0963. The maximum Gasteiger partial charge on any atom is 0.339 e. The molecule has 0 saturated carbocycles. The summed E-state index contributed by atoms with van der Waals surface area (Å²) in [7, 11) is -2.61. The van der Waals surface area contributed by atoms with Crippen molar-refractivity contribution in [2.45, 2.75) is 4.90 Å². The van der Waals surface area contributed by atoms with E-state index in [1.807, 2.05) is 0 Å². The lowest BCUT2D eigenvalue weighted by atomic mass is 10.2. The minimum atomic E-state index is -4.09. The van der Waals surface area contributed by atoms with Gasteiger partial charge in [-0.15, -0.1) is 0 Å². The number of hydrogen-bond donors (Lipinski definition) is 1. The van der Waals surface area contributed by atoms with E-state index in [-0.39, 0.29) is 22.1 Å². The van der Waals surface area contributed by atoms with E-state index < -0.39 is 15.7 Å². The highest BCUT2D eigenvalue weighted by atomic mass is 32.2. The van der Waals surface area contributed by atoms with E-state index in [4.69, 9.17) is 8.60 Å². The van der Waals surface area contributed by atoms with E-state index in [1.165, 1.54) is 49.5 Å². The maximum atomic E-state index is 12.3. The second-order valence-corrected chi connectivity index (χ2v) is 6.64. The third-order valence-electron chi connectivity index (χ3n) is 3.43. The zero-order chi connectivity index (χ0) is 18.0. The predicted molar refractivity (Wildman–Crippen MR) is 90.1 cm³/mol. The Bertz CT molecular complexity index is 1100. The zero-order valence-electron chi connectivity index (χ0n) is 13.1. The van der Waals surface area contributed by atoms with Gasteiger partial charge in [0, 0.05) is 30.1 Å². The van der Waals surface area contributed by atoms with Crippen LogP contribution in [-0.2, 0) is 10.1 Å². The number of hydrogen-bond acceptors (Lipinski definition) is 6. The lowest BCUT2D eigenvalue weighted by Gasteiger charge is -2.08. The second-order valence-electron chi connectivity index (χ2n) is 5.10. The number of amides is 1. The van der Waals surface area contributed by atoms with Crippen molar-refractivity contribution in [3.8, 4) is 5.75 Å². The molecule has 0 saturated heterocycles. The Labute approximate surface area is 143 Å². The van der Waals surface area contributed by atoms with Crippen LogP contribution in [0.3, 0.4) is 0 Å². The maximum absolute atomic E-state index is 12.3. The number of nitrogens with one attached hydrogen (secondary N) is 1. The Balaban J connectivity index is 1.90. The highest BCUT2D eigenvalue weighted by molar-refractivity contribution is 7.87. The van der Waals surface area contributed by atoms with Crippen LogP contribution in [0.25, 0.3) is 11.0 Å². The van der Waals surface area contributed by atoms with Gasteiger partial charge in [-0.3, -0.25) is 4.79 Å². The first-order chi connectivity index (χ1) is 11.9. The van der Waals surface area contributed by atoms with Gasteiger partial charge in [0.15, 0.2) is 0 Å². The summed E-state index contributed by atoms with van der Waals surface area (Å²) in [6.07, 6.45) is 0. The van der Waals surface area contributed by atoms with Gasteiger partial charge in [0.2, 0.25) is 0 Å². The van der Waals surface area contributed by atoms with Gasteiger partial charge in [-0.2, -0.15) is 8.42 Å². The van der Waals surface area contributed by atoms with E-state index in [0.29, 0.717) is 10.9 Å². The molecule has 8 heteroatoms. The molecule has 7 nitrogen and oxygen atoms in total. The fraction of sp³-hybridized carbons (Fsp3) is 0.0588. The van der Waals surface area contributed by atoms with Gasteiger partial charge < -0.3 is 13.9 Å². The minimum Gasteiger partial charge on any atom is -0.423 e. The van der Waals surface area contributed by atoms with Crippen molar-refractivity contribution >= 4 is 27.0 Å². The first-order valence-electron chi connectivity index (χ1n) is 7.19. The van der Waals surface area contributed by atoms with Crippen molar-refractivity contribution in [3.05, 3.63) is 70.6 Å². The quantitative estimate of drug-likeness (QED) is 0.564. The van der Waals surface area contributed by atoms with Crippen LogP contribution in [0, 0.1) is 0 Å². The molecular formula is C17H13NO6S. The molecular weight excluding hydrogens is 346 g/mol. The van der Waals surface area contributed by atoms with Crippen molar-refractivity contribution in [1.82, 2.24) is 5.32 Å². The number of carbonyl (C=O) groups is 1. The van der Waals surface area contributed by atoms with Crippen molar-refractivity contribution in [2.24, 2.45) is 0 Å². The van der Waals surface area contributed by atoms with Crippen molar-refractivity contribution < 1.29 is 21.8 Å². The highest BCUT2D eigenvalue weighted by Crippen LogP contribution is 2.23. The molecule has 25 heavy (non-hydrogen) atoms. The molecule has 1 heterocycles. The summed E-state index contributed by atoms with van der Waals surface area (Å²) < 4.78 is 34.8. The van der Waals surface area contributed by atoms with Crippen LogP contribution >= 0.6 is 0 Å². The Morgan fingerprint density at radius 3 is 2.40 bits per heavy atom. The Hall–Kier alpha value is -3.13. The predicted octanol–water partition coefficient (Wildman–Crippen LogP) is 1.92. The molecule has 1 amide bonds. The highest BCUT2D eigenvalue weighted by Gasteiger charge is 2.18. The summed E-state index contributed by atoms with van der Waals surface area (Å²) in [6, 6.07) is 12.5. The van der Waals surface area contributed by atoms with E-state index in [2.05, 4.69) is 5.32 Å². The minimum absolute atomic E-state index is 0.0113. The standard InChI is InChI=1S/C17H13NO6S/c1-18-17(20)12-3-7-14(8-4-12)25(21,22)24-13-6-2-11-5-9-16(19)23-15(11)10-13/h2-10H,1H3,(H,18,20). The second kappa shape index (κ2) is 6.40. The van der Waals surface area contributed by atoms with Crippen LogP contribution in [0.4, 0.5) is 0 Å². The summed E-state index contributed by atoms with van der Waals surface area (Å²) in [4.78, 5) is 22.6. The molecule has 0 aliphatic rings. The first-order valence-corrected chi connectivity index (χ1v) is 8.60. The summed E-state index contributed by atoms with van der Waals surface area (Å²) in [5, 5.41) is 3.08. The summed E-state index contributed by atoms with van der Waals surface area (Å²) in [5.74, 6) is -0.313. The molecule has 0 bridgehead atoms. The lowest BCUT2D eigenvalue weighted by Crippen LogP contribution is -2.18. The number of carbonyl (C=O) groups excluding carboxylic acids is 1. The third-order valence-corrected chi connectivity index (χ3v) is 4.69. The third kappa shape index (κ3) is 3.53. The van der Waals surface area contributed by atoms with Crippen LogP contribution in [0.15, 0.2) is 68.7 Å². The Morgan fingerprint density at radius 1 is 1.04 bits per heavy atom. The van der Waals surface area contributed by atoms with E-state index >= 15 is 0 Å². The summed E-state index contributed by atoms with van der Waals surface area (Å²) >= 11 is 0. The average molecular weight is 359 g/mol. The van der Waals surface area contributed by atoms with Crippen molar-refractivity contribution in [1.29, 1.82) is 0 Å². The molecule has 0 radical (unpaired) electrons. The van der Waals surface area contributed by atoms with Crippen LogP contribution in [0.5, 0.6) is 5.75 Å². The van der Waals surface area contributed by atoms with Crippen molar-refractivity contribution in [2.75, 3.05) is 7.05 Å². The molecule has 0 aliphatic carbocycles. The van der Waals surface area contributed by atoms with Gasteiger partial charge in [0.1, 0.15) is 16.2 Å². The molecule has 0 unspecified atom stereocenters. The molecule has 3 aromatic rings. The molecule has 1 N–H and O–H groups in total. The monoisotopic (exact) mass is 359 g/mol. The Kier molecular flexibility index (Phi) is 4.28. The van der Waals surface area contributed by atoms with Gasteiger partial charge in [-0.05, 0) is 42.5 Å². The van der Waals surface area contributed by atoms with Gasteiger partial charge in [0.25, 0.3) is 5.91 Å². The molecule has 0 spiro atoms. The fourth-order valence-corrected chi connectivity index (χ4v) is 3.11. The SMILES string of the molecule is CNC(=O)c1ccc(S(=O)(=O)Oc2ccc3ccc(=O)oc3c2)cc1. The van der Waals surface area contributed by atoms with E-state index in [0.717, 1.165) is 0 Å². The fourth-order valence-electron chi connectivity index (χ4n) is 2.18. The molecule has 2 aromatic carbocycles. The first kappa shape index (κ1) is 16.7.